The Bertz CT molecular complexity index is 306. The van der Waals surface area contributed by atoms with Crippen LogP contribution in [0.25, 0.3) is 0 Å². The Hall–Kier alpha value is -1.14. The third-order valence-corrected chi connectivity index (χ3v) is 3.67. The van der Waals surface area contributed by atoms with E-state index in [-0.39, 0.29) is 6.42 Å². The molecule has 2 unspecified atom stereocenters. The molecule has 0 saturated carbocycles. The largest absolute Gasteiger partial charge is 0.481 e. The second-order valence-electron chi connectivity index (χ2n) is 6.16. The fourth-order valence-corrected chi connectivity index (χ4v) is 2.18. The van der Waals surface area contributed by atoms with E-state index in [4.69, 9.17) is 20.4 Å². The summed E-state index contributed by atoms with van der Waals surface area (Å²) in [6, 6.07) is 0. The molecule has 0 heterocycles. The van der Waals surface area contributed by atoms with Crippen LogP contribution in [0.4, 0.5) is 0 Å². The Morgan fingerprint density at radius 1 is 0.750 bits per heavy atom. The Labute approximate surface area is 145 Å². The van der Waals surface area contributed by atoms with Gasteiger partial charge in [0, 0.05) is 0 Å². The van der Waals surface area contributed by atoms with Crippen LogP contribution < -0.4 is 0 Å². The lowest BCUT2D eigenvalue weighted by atomic mass is 10.1. The lowest BCUT2D eigenvalue weighted by Crippen LogP contribution is -2.18. The first-order valence-electron chi connectivity index (χ1n) is 9.15. The minimum absolute atomic E-state index is 0.119. The molecule has 0 aromatic carbocycles. The molecule has 0 aromatic rings. The van der Waals surface area contributed by atoms with Crippen molar-refractivity contribution in [2.45, 2.75) is 103 Å². The van der Waals surface area contributed by atoms with Crippen LogP contribution in [0.1, 0.15) is 90.9 Å². The van der Waals surface area contributed by atoms with Crippen molar-refractivity contribution in [2.75, 3.05) is 0 Å². The molecule has 0 aliphatic rings. The molecular weight excluding hydrogens is 312 g/mol. The van der Waals surface area contributed by atoms with Crippen LogP contribution in [0, 0.1) is 0 Å². The highest BCUT2D eigenvalue weighted by atomic mass is 16.4. The van der Waals surface area contributed by atoms with Crippen LogP contribution in [0.3, 0.4) is 0 Å². The number of rotatable bonds is 14. The van der Waals surface area contributed by atoms with Crippen LogP contribution in [-0.4, -0.2) is 44.6 Å². The fourth-order valence-electron chi connectivity index (χ4n) is 2.18. The highest BCUT2D eigenvalue weighted by Crippen LogP contribution is 2.08. The molecule has 0 bridgehead atoms. The maximum Gasteiger partial charge on any atom is 0.332 e. The first-order chi connectivity index (χ1) is 11.3. The second-order valence-corrected chi connectivity index (χ2v) is 6.16. The molecule has 0 aromatic heterocycles. The number of carbonyl (C=O) groups is 2. The summed E-state index contributed by atoms with van der Waals surface area (Å²) in [6.45, 7) is 4.25. The van der Waals surface area contributed by atoms with Crippen molar-refractivity contribution in [1.82, 2.24) is 0 Å². The summed E-state index contributed by atoms with van der Waals surface area (Å²) in [5, 5.41) is 34.7. The number of carboxylic acid groups (broad SMARTS) is 2. The zero-order valence-corrected chi connectivity index (χ0v) is 15.2. The van der Waals surface area contributed by atoms with E-state index in [1.807, 2.05) is 0 Å². The molecule has 6 nitrogen and oxygen atoms in total. The average molecular weight is 348 g/mol. The van der Waals surface area contributed by atoms with Crippen molar-refractivity contribution >= 4 is 11.9 Å². The van der Waals surface area contributed by atoms with E-state index < -0.39 is 24.1 Å². The number of aliphatic carboxylic acids is 2. The molecule has 0 saturated heterocycles. The predicted octanol–water partition coefficient (Wildman–Crippen LogP) is 3.58. The van der Waals surface area contributed by atoms with Gasteiger partial charge >= 0.3 is 11.9 Å². The molecule has 0 rings (SSSR count). The highest BCUT2D eigenvalue weighted by molar-refractivity contribution is 5.71. The van der Waals surface area contributed by atoms with Gasteiger partial charge in [-0.25, -0.2) is 4.79 Å². The van der Waals surface area contributed by atoms with E-state index >= 15 is 0 Å². The van der Waals surface area contributed by atoms with Crippen LogP contribution >= 0.6 is 0 Å². The van der Waals surface area contributed by atoms with Gasteiger partial charge < -0.3 is 20.4 Å². The van der Waals surface area contributed by atoms with Gasteiger partial charge in [0.15, 0.2) is 6.10 Å². The standard InChI is InChI=1S/2C9H18O3/c1-2-3-4-5-6-8(10)7-9(11)12;1-2-3-4-5-6-7-8(10)9(11)12/h2*8,10H,2-7H2,1H3,(H,11,12). The summed E-state index contributed by atoms with van der Waals surface area (Å²) in [5.41, 5.74) is 0. The maximum atomic E-state index is 10.2. The molecule has 0 aliphatic carbocycles. The average Bonchev–Trinajstić information content (AvgIpc) is 2.51. The molecule has 0 amide bonds. The van der Waals surface area contributed by atoms with Crippen molar-refractivity contribution < 1.29 is 30.0 Å². The summed E-state index contributed by atoms with van der Waals surface area (Å²) in [6.07, 6.45) is 8.78. The normalized spacial score (nSPS) is 12.8. The van der Waals surface area contributed by atoms with Crippen molar-refractivity contribution in [3.05, 3.63) is 0 Å². The Morgan fingerprint density at radius 2 is 1.21 bits per heavy atom. The second kappa shape index (κ2) is 18.2. The van der Waals surface area contributed by atoms with Gasteiger partial charge in [0.25, 0.3) is 0 Å². The third-order valence-electron chi connectivity index (χ3n) is 3.67. The molecule has 2 atom stereocenters. The Kier molecular flexibility index (Phi) is 19.0. The Morgan fingerprint density at radius 3 is 1.67 bits per heavy atom. The van der Waals surface area contributed by atoms with Crippen LogP contribution in [0.2, 0.25) is 0 Å². The van der Waals surface area contributed by atoms with E-state index in [1.165, 1.54) is 19.3 Å². The van der Waals surface area contributed by atoms with E-state index in [1.54, 1.807) is 0 Å². The van der Waals surface area contributed by atoms with Crippen molar-refractivity contribution in [3.8, 4) is 0 Å². The van der Waals surface area contributed by atoms with Gasteiger partial charge in [0.2, 0.25) is 0 Å². The van der Waals surface area contributed by atoms with Gasteiger partial charge in [-0.05, 0) is 12.8 Å². The smallest absolute Gasteiger partial charge is 0.332 e. The molecule has 0 fully saturated rings. The van der Waals surface area contributed by atoms with Crippen LogP contribution in [-0.2, 0) is 9.59 Å². The first kappa shape index (κ1) is 25.1. The summed E-state index contributed by atoms with van der Waals surface area (Å²) < 4.78 is 0. The summed E-state index contributed by atoms with van der Waals surface area (Å²) in [7, 11) is 0. The molecular formula is C18H36O6. The first-order valence-corrected chi connectivity index (χ1v) is 9.15. The minimum Gasteiger partial charge on any atom is -0.481 e. The summed E-state index contributed by atoms with van der Waals surface area (Å²) >= 11 is 0. The van der Waals surface area contributed by atoms with Crippen LogP contribution in [0.5, 0.6) is 0 Å². The number of aliphatic hydroxyl groups is 2. The topological polar surface area (TPSA) is 115 Å². The summed E-state index contributed by atoms with van der Waals surface area (Å²) in [5.74, 6) is -2.02. The molecule has 0 radical (unpaired) electrons. The zero-order valence-electron chi connectivity index (χ0n) is 15.2. The van der Waals surface area contributed by atoms with Crippen molar-refractivity contribution in [3.63, 3.8) is 0 Å². The van der Waals surface area contributed by atoms with Crippen molar-refractivity contribution in [2.24, 2.45) is 0 Å². The third kappa shape index (κ3) is 20.9. The minimum atomic E-state index is -1.16. The SMILES string of the molecule is CCCCCCC(O)CC(=O)O.CCCCCCCC(O)C(=O)O. The number of aliphatic hydroxyl groups excluding tert-OH is 2. The monoisotopic (exact) mass is 348 g/mol. The van der Waals surface area contributed by atoms with Gasteiger partial charge in [-0.3, -0.25) is 4.79 Å². The highest BCUT2D eigenvalue weighted by Gasteiger charge is 2.11. The molecule has 6 heteroatoms. The maximum absolute atomic E-state index is 10.2. The van der Waals surface area contributed by atoms with Gasteiger partial charge in [-0.1, -0.05) is 71.6 Å². The van der Waals surface area contributed by atoms with E-state index in [9.17, 15) is 9.59 Å². The van der Waals surface area contributed by atoms with E-state index in [0.29, 0.717) is 12.8 Å². The molecule has 0 spiro atoms. The predicted molar refractivity (Wildman–Crippen MR) is 94.0 cm³/mol. The lowest BCUT2D eigenvalue weighted by Gasteiger charge is -2.06. The number of unbranched alkanes of at least 4 members (excludes halogenated alkanes) is 7. The van der Waals surface area contributed by atoms with Crippen LogP contribution in [0.15, 0.2) is 0 Å². The van der Waals surface area contributed by atoms with Gasteiger partial charge in [-0.2, -0.15) is 0 Å². The molecule has 0 aliphatic heterocycles. The number of hydrogen-bond donors (Lipinski definition) is 4. The fraction of sp³-hybridized carbons (Fsp3) is 0.889. The zero-order chi connectivity index (χ0) is 18.8. The molecule has 4 N–H and O–H groups in total. The lowest BCUT2D eigenvalue weighted by molar-refractivity contribution is -0.147. The number of hydrogen-bond acceptors (Lipinski definition) is 4. The van der Waals surface area contributed by atoms with Crippen molar-refractivity contribution in [1.29, 1.82) is 0 Å². The molecule has 24 heavy (non-hydrogen) atoms. The number of carboxylic acids is 2. The quantitative estimate of drug-likeness (QED) is 0.357. The van der Waals surface area contributed by atoms with E-state index in [0.717, 1.165) is 38.5 Å². The van der Waals surface area contributed by atoms with E-state index in [2.05, 4.69) is 13.8 Å². The van der Waals surface area contributed by atoms with Gasteiger partial charge in [0.1, 0.15) is 0 Å². The Balaban J connectivity index is 0. The summed E-state index contributed by atoms with van der Waals surface area (Å²) in [4.78, 5) is 20.3. The van der Waals surface area contributed by atoms with Gasteiger partial charge in [0.05, 0.1) is 12.5 Å². The molecule has 144 valence electrons. The van der Waals surface area contributed by atoms with Gasteiger partial charge in [-0.15, -0.1) is 0 Å².